The van der Waals surface area contributed by atoms with Crippen molar-refractivity contribution in [1.82, 2.24) is 13.9 Å². The summed E-state index contributed by atoms with van der Waals surface area (Å²) >= 11 is 0. The Balaban J connectivity index is 2.99. The first kappa shape index (κ1) is 13.1. The highest BCUT2D eigenvalue weighted by molar-refractivity contribution is 7.89. The number of nitrogens with zero attached hydrogens (tertiary/aromatic N) is 3. The third-order valence-corrected chi connectivity index (χ3v) is 4.17. The molecule has 2 N–H and O–H groups in total. The van der Waals surface area contributed by atoms with Crippen molar-refractivity contribution in [2.75, 3.05) is 19.6 Å². The monoisotopic (exact) mass is 246 g/mol. The lowest BCUT2D eigenvalue weighted by Crippen LogP contribution is -2.35. The minimum atomic E-state index is -3.48. The fourth-order valence-electron chi connectivity index (χ4n) is 1.37. The summed E-state index contributed by atoms with van der Waals surface area (Å²) in [5.41, 5.74) is 5.38. The van der Waals surface area contributed by atoms with Crippen LogP contribution in [0.3, 0.4) is 0 Å². The van der Waals surface area contributed by atoms with Crippen LogP contribution in [0.2, 0.25) is 0 Å². The average molecular weight is 246 g/mol. The molecule has 0 radical (unpaired) electrons. The van der Waals surface area contributed by atoms with Crippen LogP contribution in [-0.4, -0.2) is 41.9 Å². The summed E-state index contributed by atoms with van der Waals surface area (Å²) < 4.78 is 27.2. The van der Waals surface area contributed by atoms with Crippen molar-refractivity contribution in [3.05, 3.63) is 12.5 Å². The fourth-order valence-corrected chi connectivity index (χ4v) is 2.77. The molecule has 0 saturated heterocycles. The normalized spacial score (nSPS) is 12.2. The third kappa shape index (κ3) is 2.60. The quantitative estimate of drug-likeness (QED) is 0.758. The maximum absolute atomic E-state index is 12.1. The number of rotatable bonds is 6. The molecule has 0 aliphatic rings. The molecule has 1 aromatic rings. The average Bonchev–Trinajstić information content (AvgIpc) is 2.74. The molecule has 7 heteroatoms. The second-order valence-corrected chi connectivity index (χ2v) is 5.21. The Bertz CT molecular complexity index is 426. The zero-order valence-corrected chi connectivity index (χ0v) is 10.4. The largest absolute Gasteiger partial charge is 0.336 e. The first-order valence-corrected chi connectivity index (χ1v) is 6.72. The van der Waals surface area contributed by atoms with E-state index < -0.39 is 10.0 Å². The molecule has 0 atom stereocenters. The molecule has 0 bridgehead atoms. The number of likely N-dealkylation sites (N-methyl/N-ethyl adjacent to an activating group) is 1. The van der Waals surface area contributed by atoms with Crippen LogP contribution in [0.1, 0.15) is 13.8 Å². The predicted octanol–water partition coefficient (Wildman–Crippen LogP) is -0.128. The van der Waals surface area contributed by atoms with E-state index in [2.05, 4.69) is 4.98 Å². The van der Waals surface area contributed by atoms with Crippen molar-refractivity contribution in [3.8, 4) is 0 Å². The number of imidazole rings is 1. The molecule has 16 heavy (non-hydrogen) atoms. The number of aryl methyl sites for hydroxylation is 1. The van der Waals surface area contributed by atoms with E-state index in [1.54, 1.807) is 11.5 Å². The Morgan fingerprint density at radius 1 is 1.50 bits per heavy atom. The smallest absolute Gasteiger partial charge is 0.262 e. The number of hydrogen-bond acceptors (Lipinski definition) is 4. The summed E-state index contributed by atoms with van der Waals surface area (Å²) in [5, 5.41) is 0.0876. The van der Waals surface area contributed by atoms with Crippen LogP contribution in [0.4, 0.5) is 0 Å². The van der Waals surface area contributed by atoms with Gasteiger partial charge in [0.1, 0.15) is 0 Å². The number of hydrogen-bond donors (Lipinski definition) is 1. The number of sulfonamides is 1. The first-order chi connectivity index (χ1) is 7.56. The summed E-state index contributed by atoms with van der Waals surface area (Å²) in [5.74, 6) is 0. The molecule has 0 spiro atoms. The van der Waals surface area contributed by atoms with Crippen LogP contribution in [-0.2, 0) is 16.6 Å². The van der Waals surface area contributed by atoms with Crippen LogP contribution in [0.5, 0.6) is 0 Å². The molecule has 1 rings (SSSR count). The van der Waals surface area contributed by atoms with E-state index in [-0.39, 0.29) is 5.03 Å². The van der Waals surface area contributed by atoms with E-state index in [1.165, 1.54) is 16.8 Å². The fraction of sp³-hybridized carbons (Fsp3) is 0.667. The summed E-state index contributed by atoms with van der Waals surface area (Å²) in [6.07, 6.45) is 3.05. The first-order valence-electron chi connectivity index (χ1n) is 5.28. The minimum Gasteiger partial charge on any atom is -0.336 e. The Kier molecular flexibility index (Phi) is 4.45. The molecule has 0 aliphatic heterocycles. The second-order valence-electron chi connectivity index (χ2n) is 3.33. The van der Waals surface area contributed by atoms with E-state index in [4.69, 9.17) is 5.73 Å². The molecule has 0 fully saturated rings. The van der Waals surface area contributed by atoms with Gasteiger partial charge in [-0.2, -0.15) is 4.31 Å². The van der Waals surface area contributed by atoms with Gasteiger partial charge in [0, 0.05) is 32.4 Å². The predicted molar refractivity (Wildman–Crippen MR) is 61.4 cm³/mol. The Morgan fingerprint density at radius 2 is 2.19 bits per heavy atom. The number of nitrogens with two attached hydrogens (primary N) is 1. The van der Waals surface area contributed by atoms with E-state index >= 15 is 0 Å². The van der Waals surface area contributed by atoms with E-state index in [0.29, 0.717) is 26.2 Å². The van der Waals surface area contributed by atoms with Gasteiger partial charge in [-0.05, 0) is 6.92 Å². The molecular weight excluding hydrogens is 228 g/mol. The van der Waals surface area contributed by atoms with Gasteiger partial charge in [-0.15, -0.1) is 0 Å². The molecule has 92 valence electrons. The highest BCUT2D eigenvalue weighted by Gasteiger charge is 2.24. The van der Waals surface area contributed by atoms with Gasteiger partial charge < -0.3 is 10.3 Å². The van der Waals surface area contributed by atoms with Gasteiger partial charge in [0.2, 0.25) is 0 Å². The van der Waals surface area contributed by atoms with E-state index in [1.807, 2.05) is 6.92 Å². The lowest BCUT2D eigenvalue weighted by molar-refractivity contribution is 0.433. The molecule has 0 aliphatic carbocycles. The van der Waals surface area contributed by atoms with Crippen LogP contribution in [0, 0.1) is 0 Å². The highest BCUT2D eigenvalue weighted by Crippen LogP contribution is 2.12. The molecule has 0 aromatic carbocycles. The zero-order chi connectivity index (χ0) is 12.2. The molecule has 1 aromatic heterocycles. The summed E-state index contributed by atoms with van der Waals surface area (Å²) in [6, 6.07) is 0. The summed E-state index contributed by atoms with van der Waals surface area (Å²) in [4.78, 5) is 3.90. The van der Waals surface area contributed by atoms with Gasteiger partial charge in [0.15, 0.2) is 5.03 Å². The van der Waals surface area contributed by atoms with Crippen LogP contribution >= 0.6 is 0 Å². The second kappa shape index (κ2) is 5.42. The molecule has 1 heterocycles. The van der Waals surface area contributed by atoms with Crippen molar-refractivity contribution in [2.45, 2.75) is 25.4 Å². The van der Waals surface area contributed by atoms with Gasteiger partial charge in [0.05, 0.1) is 6.33 Å². The number of aromatic nitrogens is 2. The maximum atomic E-state index is 12.1. The van der Waals surface area contributed by atoms with E-state index in [9.17, 15) is 8.42 Å². The molecule has 6 nitrogen and oxygen atoms in total. The molecule has 0 unspecified atom stereocenters. The maximum Gasteiger partial charge on any atom is 0.262 e. The van der Waals surface area contributed by atoms with Crippen molar-refractivity contribution in [2.24, 2.45) is 5.73 Å². The SMILES string of the molecule is CCN(CCN)S(=O)(=O)c1cn(CC)cn1. The lowest BCUT2D eigenvalue weighted by Gasteiger charge is -2.17. The summed E-state index contributed by atoms with van der Waals surface area (Å²) in [7, 11) is -3.48. The van der Waals surface area contributed by atoms with Gasteiger partial charge in [-0.1, -0.05) is 6.92 Å². The Hall–Kier alpha value is -0.920. The standard InChI is InChI=1S/C9H18N4O2S/c1-3-12-7-9(11-8-12)16(14,15)13(4-2)6-5-10/h7-8H,3-6,10H2,1-2H3. The molecule has 0 saturated carbocycles. The van der Waals surface area contributed by atoms with Crippen molar-refractivity contribution in [1.29, 1.82) is 0 Å². The highest BCUT2D eigenvalue weighted by atomic mass is 32.2. The van der Waals surface area contributed by atoms with Crippen molar-refractivity contribution >= 4 is 10.0 Å². The molecular formula is C9H18N4O2S. The summed E-state index contributed by atoms with van der Waals surface area (Å²) in [6.45, 7) is 5.43. The molecule has 0 amide bonds. The van der Waals surface area contributed by atoms with Crippen LogP contribution < -0.4 is 5.73 Å². The van der Waals surface area contributed by atoms with Crippen LogP contribution in [0.25, 0.3) is 0 Å². The minimum absolute atomic E-state index is 0.0876. The third-order valence-electron chi connectivity index (χ3n) is 2.31. The van der Waals surface area contributed by atoms with E-state index in [0.717, 1.165) is 0 Å². The van der Waals surface area contributed by atoms with Crippen LogP contribution in [0.15, 0.2) is 17.6 Å². The van der Waals surface area contributed by atoms with Gasteiger partial charge in [-0.25, -0.2) is 13.4 Å². The van der Waals surface area contributed by atoms with Gasteiger partial charge in [0.25, 0.3) is 10.0 Å². The van der Waals surface area contributed by atoms with Crippen molar-refractivity contribution in [3.63, 3.8) is 0 Å². The Labute approximate surface area is 96.1 Å². The lowest BCUT2D eigenvalue weighted by atomic mass is 10.6. The Morgan fingerprint density at radius 3 is 2.62 bits per heavy atom. The zero-order valence-electron chi connectivity index (χ0n) is 9.63. The van der Waals surface area contributed by atoms with Gasteiger partial charge >= 0.3 is 0 Å². The van der Waals surface area contributed by atoms with Gasteiger partial charge in [-0.3, -0.25) is 0 Å². The topological polar surface area (TPSA) is 81.2 Å². The van der Waals surface area contributed by atoms with Crippen molar-refractivity contribution < 1.29 is 8.42 Å².